The largest absolute Gasteiger partial charge is 0.320 e. The first-order valence-corrected chi connectivity index (χ1v) is 7.39. The quantitative estimate of drug-likeness (QED) is 0.819. The Labute approximate surface area is 136 Å². The second-order valence-electron chi connectivity index (χ2n) is 5.30. The van der Waals surface area contributed by atoms with E-state index in [4.69, 9.17) is 11.6 Å². The van der Waals surface area contributed by atoms with E-state index >= 15 is 0 Å². The minimum Gasteiger partial charge on any atom is -0.320 e. The monoisotopic (exact) mass is 323 g/mol. The topological polar surface area (TPSA) is 70.9 Å². The Morgan fingerprint density at radius 1 is 0.957 bits per heavy atom. The molecule has 0 saturated carbocycles. The van der Waals surface area contributed by atoms with Crippen LogP contribution in [0.5, 0.6) is 0 Å². The molecule has 1 heterocycles. The number of para-hydroxylation sites is 1. The smallest absolute Gasteiger partial charge is 0.276 e. The van der Waals surface area contributed by atoms with Gasteiger partial charge in [-0.3, -0.25) is 9.59 Å². The minimum atomic E-state index is -0.327. The number of anilines is 1. The van der Waals surface area contributed by atoms with Crippen molar-refractivity contribution in [2.24, 2.45) is 10.2 Å². The van der Waals surface area contributed by atoms with Crippen LogP contribution in [0.2, 0.25) is 5.02 Å². The van der Waals surface area contributed by atoms with E-state index in [-0.39, 0.29) is 29.5 Å². The first-order chi connectivity index (χ1) is 11.1. The number of rotatable bonds is 1. The van der Waals surface area contributed by atoms with E-state index in [9.17, 15) is 9.59 Å². The molecule has 0 radical (unpaired) electrons. The first kappa shape index (κ1) is 13.8. The molecule has 2 aromatic carbocycles. The summed E-state index contributed by atoms with van der Waals surface area (Å²) in [6.45, 7) is 0. The molecule has 0 atom stereocenters. The number of Topliss-reactive ketones (excluding diaryl/α,β-unsaturated/α-hetero) is 1. The van der Waals surface area contributed by atoms with Crippen molar-refractivity contribution in [3.63, 3.8) is 0 Å². The highest BCUT2D eigenvalue weighted by atomic mass is 35.5. The molecule has 1 amide bonds. The van der Waals surface area contributed by atoms with Gasteiger partial charge in [0.15, 0.2) is 11.5 Å². The lowest BCUT2D eigenvalue weighted by Crippen LogP contribution is -2.15. The summed E-state index contributed by atoms with van der Waals surface area (Å²) in [5.41, 5.74) is 3.37. The average molecular weight is 324 g/mol. The molecule has 0 aromatic heterocycles. The third kappa shape index (κ3) is 2.26. The summed E-state index contributed by atoms with van der Waals surface area (Å²) in [5.74, 6) is -0.453. The van der Waals surface area contributed by atoms with Crippen LogP contribution in [0, 0.1) is 0 Å². The number of carbonyl (C=O) groups excluding carboxylic acids is 2. The van der Waals surface area contributed by atoms with Crippen LogP contribution in [-0.4, -0.2) is 23.1 Å². The second kappa shape index (κ2) is 5.14. The van der Waals surface area contributed by atoms with E-state index in [0.29, 0.717) is 21.8 Å². The van der Waals surface area contributed by atoms with Gasteiger partial charge in [-0.15, -0.1) is 10.2 Å². The molecule has 2 aromatic rings. The van der Waals surface area contributed by atoms with Gasteiger partial charge in [0.05, 0.1) is 5.69 Å². The highest BCUT2D eigenvalue weighted by molar-refractivity contribution is 6.54. The van der Waals surface area contributed by atoms with Crippen molar-refractivity contribution in [3.8, 4) is 0 Å². The number of ketones is 1. The Hall–Kier alpha value is -2.79. The molecule has 4 rings (SSSR count). The minimum absolute atomic E-state index is 0.127. The number of hydrogen-bond acceptors (Lipinski definition) is 4. The van der Waals surface area contributed by atoms with E-state index < -0.39 is 0 Å². The van der Waals surface area contributed by atoms with Crippen LogP contribution in [-0.2, 0) is 16.0 Å². The van der Waals surface area contributed by atoms with Crippen LogP contribution < -0.4 is 5.32 Å². The molecular formula is C17H10ClN3O2. The van der Waals surface area contributed by atoms with Crippen molar-refractivity contribution in [1.29, 1.82) is 0 Å². The van der Waals surface area contributed by atoms with Gasteiger partial charge in [0.25, 0.3) is 5.91 Å². The molecule has 0 spiro atoms. The maximum absolute atomic E-state index is 12.1. The maximum atomic E-state index is 12.1. The summed E-state index contributed by atoms with van der Waals surface area (Å²) in [6.07, 6.45) is 0.277. The molecule has 112 valence electrons. The van der Waals surface area contributed by atoms with Crippen molar-refractivity contribution in [2.45, 2.75) is 6.42 Å². The molecule has 5 nitrogen and oxygen atoms in total. The van der Waals surface area contributed by atoms with E-state index in [2.05, 4.69) is 15.5 Å². The number of benzene rings is 2. The fourth-order valence-corrected chi connectivity index (χ4v) is 2.91. The lowest BCUT2D eigenvalue weighted by molar-refractivity contribution is -0.112. The Bertz CT molecular complexity index is 931. The summed E-state index contributed by atoms with van der Waals surface area (Å²) in [6, 6.07) is 12.5. The normalized spacial score (nSPS) is 19.2. The Morgan fingerprint density at radius 3 is 2.61 bits per heavy atom. The van der Waals surface area contributed by atoms with E-state index in [1.807, 2.05) is 18.2 Å². The predicted octanol–water partition coefficient (Wildman–Crippen LogP) is 2.61. The van der Waals surface area contributed by atoms with Crippen LogP contribution in [0.1, 0.15) is 16.7 Å². The van der Waals surface area contributed by atoms with Gasteiger partial charge in [-0.25, -0.2) is 0 Å². The van der Waals surface area contributed by atoms with Gasteiger partial charge >= 0.3 is 0 Å². The van der Waals surface area contributed by atoms with Crippen LogP contribution in [0.4, 0.5) is 5.69 Å². The molecule has 0 saturated heterocycles. The molecule has 1 aliphatic carbocycles. The zero-order valence-corrected chi connectivity index (χ0v) is 12.6. The second-order valence-corrected chi connectivity index (χ2v) is 5.73. The van der Waals surface area contributed by atoms with Crippen molar-refractivity contribution >= 4 is 40.4 Å². The molecule has 0 bridgehead atoms. The molecule has 0 fully saturated rings. The third-order valence-electron chi connectivity index (χ3n) is 3.84. The summed E-state index contributed by atoms with van der Waals surface area (Å²) >= 11 is 5.99. The number of amides is 1. The van der Waals surface area contributed by atoms with Crippen molar-refractivity contribution in [1.82, 2.24) is 0 Å². The Morgan fingerprint density at radius 2 is 1.74 bits per heavy atom. The van der Waals surface area contributed by atoms with E-state index in [1.165, 1.54) is 0 Å². The van der Waals surface area contributed by atoms with Crippen molar-refractivity contribution in [3.05, 3.63) is 64.2 Å². The third-order valence-corrected chi connectivity index (χ3v) is 4.07. The van der Waals surface area contributed by atoms with E-state index in [1.54, 1.807) is 24.3 Å². The summed E-state index contributed by atoms with van der Waals surface area (Å²) in [4.78, 5) is 24.1. The summed E-state index contributed by atoms with van der Waals surface area (Å²) < 4.78 is 0. The number of halogens is 1. The van der Waals surface area contributed by atoms with Gasteiger partial charge < -0.3 is 5.32 Å². The number of carbonyl (C=O) groups is 2. The van der Waals surface area contributed by atoms with Gasteiger partial charge in [0.1, 0.15) is 5.71 Å². The zero-order chi connectivity index (χ0) is 16.0. The molecule has 1 N–H and O–H groups in total. The molecule has 6 heteroatoms. The average Bonchev–Trinajstić information content (AvgIpc) is 3.01. The van der Waals surface area contributed by atoms with Crippen LogP contribution in [0.3, 0.4) is 0 Å². The first-order valence-electron chi connectivity index (χ1n) is 7.02. The van der Waals surface area contributed by atoms with Gasteiger partial charge in [-0.2, -0.15) is 0 Å². The van der Waals surface area contributed by atoms with Crippen LogP contribution in [0.15, 0.2) is 52.7 Å². The van der Waals surface area contributed by atoms with Crippen molar-refractivity contribution < 1.29 is 9.59 Å². The van der Waals surface area contributed by atoms with Crippen LogP contribution >= 0.6 is 11.6 Å². The Balaban J connectivity index is 1.79. The Kier molecular flexibility index (Phi) is 3.09. The summed E-state index contributed by atoms with van der Waals surface area (Å²) in [5, 5.41) is 11.3. The van der Waals surface area contributed by atoms with Gasteiger partial charge in [0, 0.05) is 22.6 Å². The fourth-order valence-electron chi connectivity index (χ4n) is 2.74. The lowest BCUT2D eigenvalue weighted by atomic mass is 10.1. The van der Waals surface area contributed by atoms with Gasteiger partial charge in [-0.1, -0.05) is 35.9 Å². The molecule has 2 aliphatic rings. The van der Waals surface area contributed by atoms with Crippen LogP contribution in [0.25, 0.3) is 0 Å². The predicted molar refractivity (Wildman–Crippen MR) is 88.3 cm³/mol. The zero-order valence-electron chi connectivity index (χ0n) is 11.8. The van der Waals surface area contributed by atoms with Crippen molar-refractivity contribution in [2.75, 3.05) is 5.32 Å². The summed E-state index contributed by atoms with van der Waals surface area (Å²) in [7, 11) is 0. The number of nitrogens with one attached hydrogen (secondary N) is 1. The fraction of sp³-hybridized carbons (Fsp3) is 0.0588. The van der Waals surface area contributed by atoms with E-state index in [0.717, 1.165) is 5.56 Å². The molecular weight excluding hydrogens is 314 g/mol. The molecule has 0 unspecified atom stereocenters. The maximum Gasteiger partial charge on any atom is 0.276 e. The standard InChI is InChI=1S/C17H10ClN3O2/c18-10-6-5-9-7-14(22)15(12(9)8-10)20-21-16-11-3-1-2-4-13(11)19-17(16)23/h1-6,8H,7H2,(H,19,21,23)/b20-15-. The lowest BCUT2D eigenvalue weighted by Gasteiger charge is -1.98. The van der Waals surface area contributed by atoms with Gasteiger partial charge in [-0.05, 0) is 23.8 Å². The number of hydrogen-bond donors (Lipinski definition) is 1. The highest BCUT2D eigenvalue weighted by Crippen LogP contribution is 2.25. The SMILES string of the molecule is O=C1Cc2ccc(Cl)cc2/C1=N/N=C1\C(=O)Nc2ccccc21. The highest BCUT2D eigenvalue weighted by Gasteiger charge is 2.28. The molecule has 1 aliphatic heterocycles. The number of fused-ring (bicyclic) bond motifs is 2. The number of nitrogens with zero attached hydrogens (tertiary/aromatic N) is 2. The molecule has 23 heavy (non-hydrogen) atoms. The van der Waals surface area contributed by atoms with Gasteiger partial charge in [0.2, 0.25) is 0 Å².